The van der Waals surface area contributed by atoms with Crippen molar-refractivity contribution in [1.82, 2.24) is 0 Å². The van der Waals surface area contributed by atoms with Crippen molar-refractivity contribution in [2.75, 3.05) is 53.4 Å². The van der Waals surface area contributed by atoms with Crippen LogP contribution in [0.4, 0.5) is 0 Å². The molecule has 0 radical (unpaired) electrons. The minimum Gasteiger partial charge on any atom is -1.00 e. The summed E-state index contributed by atoms with van der Waals surface area (Å²) in [6, 6.07) is 0. The average Bonchev–Trinajstić information content (AvgIpc) is 2.95. The number of hydrogen-bond acceptors (Lipinski definition) is 0. The van der Waals surface area contributed by atoms with Crippen LogP contribution in [0.15, 0.2) is 0 Å². The molecule has 1 fully saturated rings. The lowest BCUT2D eigenvalue weighted by Crippen LogP contribution is -3.00. The van der Waals surface area contributed by atoms with E-state index in [9.17, 15) is 0 Å². The first-order chi connectivity index (χ1) is 16.0. The van der Waals surface area contributed by atoms with Gasteiger partial charge >= 0.3 is 0 Å². The zero-order chi connectivity index (χ0) is 24.1. The van der Waals surface area contributed by atoms with Gasteiger partial charge in [0.1, 0.15) is 13.1 Å². The average molecular weight is 721 g/mol. The number of quaternary nitrogens is 2. The highest BCUT2D eigenvalue weighted by Crippen LogP contribution is 2.19. The van der Waals surface area contributed by atoms with Gasteiger partial charge in [0.15, 0.2) is 0 Å². The molecular formula is C31H66I2N2. The second-order valence-corrected chi connectivity index (χ2v) is 12.3. The van der Waals surface area contributed by atoms with E-state index in [0.717, 1.165) is 0 Å². The van der Waals surface area contributed by atoms with E-state index in [1.807, 2.05) is 0 Å². The summed E-state index contributed by atoms with van der Waals surface area (Å²) in [6.45, 7) is 13.1. The Hall–Kier alpha value is 1.38. The minimum atomic E-state index is 0. The lowest BCUT2D eigenvalue weighted by Gasteiger charge is -2.35. The molecule has 2 nitrogen and oxygen atoms in total. The Kier molecular flexibility index (Phi) is 28.2. The Bertz CT molecular complexity index is 396. The van der Waals surface area contributed by atoms with Crippen LogP contribution in [0.25, 0.3) is 0 Å². The fraction of sp³-hybridized carbons (Fsp3) is 1.00. The summed E-state index contributed by atoms with van der Waals surface area (Å²) in [5.74, 6) is 0. The summed E-state index contributed by atoms with van der Waals surface area (Å²) < 4.78 is 2.70. The minimum absolute atomic E-state index is 0. The third kappa shape index (κ3) is 21.9. The predicted octanol–water partition coefficient (Wildman–Crippen LogP) is 3.13. The molecule has 1 rings (SSSR count). The van der Waals surface area contributed by atoms with E-state index in [1.54, 1.807) is 0 Å². The van der Waals surface area contributed by atoms with Gasteiger partial charge in [0.25, 0.3) is 0 Å². The van der Waals surface area contributed by atoms with Gasteiger partial charge in [-0.2, -0.15) is 0 Å². The highest BCUT2D eigenvalue weighted by Gasteiger charge is 2.32. The van der Waals surface area contributed by atoms with Crippen molar-refractivity contribution in [2.45, 2.75) is 149 Å². The first kappa shape index (κ1) is 38.5. The molecule has 2 unspecified atom stereocenters. The monoisotopic (exact) mass is 720 g/mol. The van der Waals surface area contributed by atoms with Crippen LogP contribution in [-0.2, 0) is 0 Å². The van der Waals surface area contributed by atoms with Crippen LogP contribution in [-0.4, -0.2) is 62.3 Å². The molecule has 1 saturated heterocycles. The lowest BCUT2D eigenvalue weighted by atomic mass is 10.1. The molecule has 1 aliphatic heterocycles. The van der Waals surface area contributed by atoms with Gasteiger partial charge in [-0.25, -0.2) is 0 Å². The molecule has 0 aliphatic carbocycles. The molecule has 0 aromatic carbocycles. The predicted molar refractivity (Wildman–Crippen MR) is 150 cm³/mol. The summed E-state index contributed by atoms with van der Waals surface area (Å²) in [4.78, 5) is 0. The molecule has 2 atom stereocenters. The first-order valence-corrected chi connectivity index (χ1v) is 15.7. The maximum absolute atomic E-state index is 2.56. The quantitative estimate of drug-likeness (QED) is 0.0918. The normalized spacial score (nSPS) is 22.3. The molecule has 0 N–H and O–H groups in total. The lowest BCUT2D eigenvalue weighted by molar-refractivity contribution is -0.946. The molecule has 35 heavy (non-hydrogen) atoms. The van der Waals surface area contributed by atoms with Crippen molar-refractivity contribution in [2.24, 2.45) is 0 Å². The summed E-state index contributed by atoms with van der Waals surface area (Å²) in [6.07, 6.45) is 30.6. The second-order valence-electron chi connectivity index (χ2n) is 12.3. The summed E-state index contributed by atoms with van der Waals surface area (Å²) in [7, 11) is 5.12. The van der Waals surface area contributed by atoms with E-state index in [1.165, 1.54) is 183 Å². The van der Waals surface area contributed by atoms with E-state index in [2.05, 4.69) is 27.9 Å². The Morgan fingerprint density at radius 2 is 0.629 bits per heavy atom. The smallest absolute Gasteiger partial charge is 0.128 e. The number of likely N-dealkylation sites (N-methyl/N-ethyl adjacent to an activating group) is 2. The molecule has 0 saturated carbocycles. The zero-order valence-corrected chi connectivity index (χ0v) is 29.1. The van der Waals surface area contributed by atoms with Gasteiger partial charge in [-0.05, 0) is 25.7 Å². The number of halogens is 2. The van der Waals surface area contributed by atoms with Crippen molar-refractivity contribution in [1.29, 1.82) is 0 Å². The first-order valence-electron chi connectivity index (χ1n) is 15.7. The molecule has 0 amide bonds. The maximum atomic E-state index is 2.56. The molecule has 0 aromatic rings. The van der Waals surface area contributed by atoms with Crippen LogP contribution in [0.3, 0.4) is 0 Å². The van der Waals surface area contributed by atoms with Gasteiger partial charge in [-0.1, -0.05) is 117 Å². The largest absolute Gasteiger partial charge is 1.00 e. The van der Waals surface area contributed by atoms with E-state index >= 15 is 0 Å². The molecule has 214 valence electrons. The summed E-state index contributed by atoms with van der Waals surface area (Å²) in [5.41, 5.74) is 0. The fourth-order valence-corrected chi connectivity index (χ4v) is 5.95. The highest BCUT2D eigenvalue weighted by molar-refractivity contribution is 4.54. The van der Waals surface area contributed by atoms with Crippen molar-refractivity contribution in [3.63, 3.8) is 0 Å². The van der Waals surface area contributed by atoms with Crippen molar-refractivity contribution in [3.8, 4) is 0 Å². The molecular weight excluding hydrogens is 654 g/mol. The highest BCUT2D eigenvalue weighted by atomic mass is 127. The van der Waals surface area contributed by atoms with Crippen LogP contribution in [0.1, 0.15) is 149 Å². The third-order valence-electron chi connectivity index (χ3n) is 8.68. The van der Waals surface area contributed by atoms with Gasteiger partial charge in [-0.15, -0.1) is 0 Å². The van der Waals surface area contributed by atoms with Crippen molar-refractivity contribution < 1.29 is 56.9 Å². The molecule has 4 heteroatoms. The van der Waals surface area contributed by atoms with Crippen molar-refractivity contribution in [3.05, 3.63) is 0 Å². The van der Waals surface area contributed by atoms with Crippen LogP contribution in [0, 0.1) is 0 Å². The Balaban J connectivity index is 0. The van der Waals surface area contributed by atoms with Crippen molar-refractivity contribution >= 4 is 0 Å². The van der Waals surface area contributed by atoms with Gasteiger partial charge in [0, 0.05) is 6.42 Å². The molecule has 0 bridgehead atoms. The fourth-order valence-electron chi connectivity index (χ4n) is 5.95. The van der Waals surface area contributed by atoms with E-state index in [-0.39, 0.29) is 48.0 Å². The molecule has 1 heterocycles. The zero-order valence-electron chi connectivity index (χ0n) is 24.7. The Morgan fingerprint density at radius 3 is 0.914 bits per heavy atom. The van der Waals surface area contributed by atoms with Crippen LogP contribution in [0.5, 0.6) is 0 Å². The SMILES string of the molecule is CCCCCCCCCCCC[N+]1(C)CCC[N+](C)(CCCCCCCCCCCC)CC1.[I-].[I-]. The topological polar surface area (TPSA) is 0 Å². The van der Waals surface area contributed by atoms with E-state index in [0.29, 0.717) is 0 Å². The standard InChI is InChI=1S/C31H66N2.2HI/c1-5-7-9-11-13-15-17-19-21-23-26-32(3)28-25-29-33(4,31-30-32)27-24-22-20-18-16-14-12-10-8-6-2;;/h5-31H2,1-4H3;2*1H/q+2;;/p-2. The second kappa shape index (κ2) is 25.6. The molecule has 0 spiro atoms. The molecule has 1 aliphatic rings. The summed E-state index contributed by atoms with van der Waals surface area (Å²) >= 11 is 0. The number of hydrogen-bond donors (Lipinski definition) is 0. The van der Waals surface area contributed by atoms with Gasteiger partial charge in [0.2, 0.25) is 0 Å². The van der Waals surface area contributed by atoms with Gasteiger partial charge < -0.3 is 56.9 Å². The number of rotatable bonds is 22. The number of nitrogens with zero attached hydrogens (tertiary/aromatic N) is 2. The number of unbranched alkanes of at least 4 members (excludes halogenated alkanes) is 18. The molecule has 0 aromatic heterocycles. The Labute approximate surface area is 257 Å². The van der Waals surface area contributed by atoms with Crippen LogP contribution >= 0.6 is 0 Å². The maximum Gasteiger partial charge on any atom is 0.128 e. The third-order valence-corrected chi connectivity index (χ3v) is 8.68. The summed E-state index contributed by atoms with van der Waals surface area (Å²) in [5, 5.41) is 0. The van der Waals surface area contributed by atoms with Gasteiger partial charge in [-0.3, -0.25) is 0 Å². The van der Waals surface area contributed by atoms with Crippen LogP contribution in [0.2, 0.25) is 0 Å². The van der Waals surface area contributed by atoms with E-state index < -0.39 is 0 Å². The van der Waals surface area contributed by atoms with Gasteiger partial charge in [0.05, 0.1) is 40.3 Å². The Morgan fingerprint density at radius 1 is 0.371 bits per heavy atom. The van der Waals surface area contributed by atoms with Crippen LogP contribution < -0.4 is 48.0 Å². The van der Waals surface area contributed by atoms with E-state index in [4.69, 9.17) is 0 Å².